The number of hydrogen-bond acceptors (Lipinski definition) is 5. The Labute approximate surface area is 128 Å². The molecule has 0 bridgehead atoms. The molecule has 0 atom stereocenters. The van der Waals surface area contributed by atoms with Gasteiger partial charge in [-0.1, -0.05) is 30.3 Å². The molecule has 0 aliphatic rings. The van der Waals surface area contributed by atoms with Gasteiger partial charge >= 0.3 is 10.2 Å². The fourth-order valence-corrected chi connectivity index (χ4v) is 2.34. The zero-order chi connectivity index (χ0) is 16.0. The van der Waals surface area contributed by atoms with Crippen molar-refractivity contribution < 1.29 is 26.5 Å². The van der Waals surface area contributed by atoms with Gasteiger partial charge in [-0.15, -0.1) is 3.89 Å². The fourth-order valence-electron chi connectivity index (χ4n) is 1.76. The van der Waals surface area contributed by atoms with Crippen LogP contribution in [0, 0.1) is 0 Å². The first-order valence-electron chi connectivity index (χ1n) is 6.38. The van der Waals surface area contributed by atoms with Gasteiger partial charge in [-0.3, -0.25) is 0 Å². The van der Waals surface area contributed by atoms with Gasteiger partial charge in [0.1, 0.15) is 23.0 Å². The van der Waals surface area contributed by atoms with Crippen LogP contribution in [0.5, 0.6) is 11.5 Å². The average molecular weight is 326 g/mol. The Balaban J connectivity index is 2.19. The molecule has 7 heteroatoms. The van der Waals surface area contributed by atoms with Crippen LogP contribution in [-0.4, -0.2) is 22.3 Å². The average Bonchev–Trinajstić information content (AvgIpc) is 2.51. The minimum Gasteiger partial charge on any atom is -0.489 e. The summed E-state index contributed by atoms with van der Waals surface area (Å²) < 4.78 is 50.7. The molecule has 0 heterocycles. The smallest absolute Gasteiger partial charge is 0.335 e. The molecule has 0 spiro atoms. The van der Waals surface area contributed by atoms with E-state index in [0.717, 1.165) is 11.6 Å². The van der Waals surface area contributed by atoms with E-state index in [1.807, 2.05) is 30.3 Å². The quantitative estimate of drug-likeness (QED) is 0.578. The molecule has 0 N–H and O–H groups in total. The minimum absolute atomic E-state index is 0.157. The first-order chi connectivity index (χ1) is 10.5. The zero-order valence-corrected chi connectivity index (χ0v) is 12.7. The summed E-state index contributed by atoms with van der Waals surface area (Å²) in [7, 11) is -3.51. The van der Waals surface area contributed by atoms with Crippen LogP contribution in [0.4, 0.5) is 3.89 Å². The molecule has 0 saturated heterocycles. The summed E-state index contributed by atoms with van der Waals surface area (Å²) in [4.78, 5) is -0.559. The lowest BCUT2D eigenvalue weighted by Crippen LogP contribution is -2.04. The number of benzene rings is 2. The lowest BCUT2D eigenvalue weighted by Gasteiger charge is -2.11. The van der Waals surface area contributed by atoms with E-state index < -0.39 is 15.1 Å². The molecular weight excluding hydrogens is 311 g/mol. The Bertz CT molecular complexity index is 716. The van der Waals surface area contributed by atoms with Crippen LogP contribution < -0.4 is 9.47 Å². The van der Waals surface area contributed by atoms with E-state index in [0.29, 0.717) is 12.4 Å². The molecular formula is C15H15FO5S. The number of methoxy groups -OCH3 is 1. The third-order valence-corrected chi connectivity index (χ3v) is 3.62. The normalized spacial score (nSPS) is 11.2. The van der Waals surface area contributed by atoms with Crippen LogP contribution >= 0.6 is 0 Å². The maximum Gasteiger partial charge on any atom is 0.335 e. The summed E-state index contributed by atoms with van der Waals surface area (Å²) in [6.45, 7) is 0.0942. The lowest BCUT2D eigenvalue weighted by atomic mass is 10.2. The van der Waals surface area contributed by atoms with Crippen molar-refractivity contribution in [3.8, 4) is 11.5 Å². The van der Waals surface area contributed by atoms with Crippen molar-refractivity contribution in [2.75, 3.05) is 13.9 Å². The third kappa shape index (κ3) is 4.44. The molecule has 2 rings (SSSR count). The monoisotopic (exact) mass is 326 g/mol. The molecule has 0 fully saturated rings. The Morgan fingerprint density at radius 3 is 2.41 bits per heavy atom. The van der Waals surface area contributed by atoms with Gasteiger partial charge < -0.3 is 14.2 Å². The second-order valence-corrected chi connectivity index (χ2v) is 5.69. The molecule has 2 aromatic rings. The van der Waals surface area contributed by atoms with Crippen LogP contribution in [0.3, 0.4) is 0 Å². The summed E-state index contributed by atoms with van der Waals surface area (Å²) in [5.74, 6) is 0.206. The van der Waals surface area contributed by atoms with Gasteiger partial charge in [0.2, 0.25) is 0 Å². The minimum atomic E-state index is -4.88. The second-order valence-electron chi connectivity index (χ2n) is 4.37. The van der Waals surface area contributed by atoms with Crippen molar-refractivity contribution in [1.29, 1.82) is 0 Å². The summed E-state index contributed by atoms with van der Waals surface area (Å²) >= 11 is 0. The van der Waals surface area contributed by atoms with Gasteiger partial charge in [0.05, 0.1) is 0 Å². The molecule has 0 amide bonds. The topological polar surface area (TPSA) is 61.8 Å². The van der Waals surface area contributed by atoms with E-state index in [1.165, 1.54) is 19.2 Å². The molecule has 0 aliphatic carbocycles. The maximum atomic E-state index is 13.2. The Morgan fingerprint density at radius 2 is 1.77 bits per heavy atom. The van der Waals surface area contributed by atoms with Crippen molar-refractivity contribution in [1.82, 2.24) is 0 Å². The number of rotatable bonds is 7. The lowest BCUT2D eigenvalue weighted by molar-refractivity contribution is 0.0487. The summed E-state index contributed by atoms with van der Waals surface area (Å²) in [6.07, 6.45) is 0. The van der Waals surface area contributed by atoms with E-state index >= 15 is 0 Å². The van der Waals surface area contributed by atoms with Crippen molar-refractivity contribution in [3.63, 3.8) is 0 Å². The number of ether oxygens (including phenoxy) is 3. The highest BCUT2D eigenvalue weighted by molar-refractivity contribution is 7.86. The van der Waals surface area contributed by atoms with E-state index in [2.05, 4.69) is 0 Å². The largest absolute Gasteiger partial charge is 0.489 e. The van der Waals surface area contributed by atoms with Crippen LogP contribution in [0.1, 0.15) is 5.56 Å². The second kappa shape index (κ2) is 7.24. The Kier molecular flexibility index (Phi) is 5.35. The Morgan fingerprint density at radius 1 is 1.05 bits per heavy atom. The van der Waals surface area contributed by atoms with Crippen molar-refractivity contribution in [2.45, 2.75) is 11.5 Å². The SMILES string of the molecule is COCOc1cc(OCc2ccccc2)ccc1S(=O)(=O)F. The number of halogens is 1. The number of hydrogen-bond donors (Lipinski definition) is 0. The molecule has 5 nitrogen and oxygen atoms in total. The highest BCUT2D eigenvalue weighted by Gasteiger charge is 2.19. The molecule has 0 saturated carbocycles. The fraction of sp³-hybridized carbons (Fsp3) is 0.200. The van der Waals surface area contributed by atoms with E-state index in [4.69, 9.17) is 14.2 Å². The summed E-state index contributed by atoms with van der Waals surface area (Å²) in [5, 5.41) is 0. The van der Waals surface area contributed by atoms with Crippen LogP contribution in [0.2, 0.25) is 0 Å². The van der Waals surface area contributed by atoms with Crippen LogP contribution in [0.25, 0.3) is 0 Å². The van der Waals surface area contributed by atoms with Crippen LogP contribution in [-0.2, 0) is 21.6 Å². The maximum absolute atomic E-state index is 13.2. The van der Waals surface area contributed by atoms with E-state index in [1.54, 1.807) is 0 Å². The van der Waals surface area contributed by atoms with Crippen molar-refractivity contribution in [3.05, 3.63) is 54.1 Å². The van der Waals surface area contributed by atoms with E-state index in [-0.39, 0.29) is 12.5 Å². The first kappa shape index (κ1) is 16.3. The molecule has 118 valence electrons. The molecule has 22 heavy (non-hydrogen) atoms. The predicted molar refractivity (Wildman–Crippen MR) is 78.0 cm³/mol. The van der Waals surface area contributed by atoms with Gasteiger partial charge in [0.25, 0.3) is 0 Å². The highest BCUT2D eigenvalue weighted by atomic mass is 32.3. The van der Waals surface area contributed by atoms with Gasteiger partial charge in [0, 0.05) is 13.2 Å². The van der Waals surface area contributed by atoms with Gasteiger partial charge in [-0.25, -0.2) is 0 Å². The molecule has 0 aromatic heterocycles. The summed E-state index contributed by atoms with van der Waals surface area (Å²) in [6, 6.07) is 13.2. The van der Waals surface area contributed by atoms with Crippen molar-refractivity contribution >= 4 is 10.2 Å². The van der Waals surface area contributed by atoms with Crippen LogP contribution in [0.15, 0.2) is 53.4 Å². The zero-order valence-electron chi connectivity index (χ0n) is 11.9. The molecule has 0 aliphatic heterocycles. The predicted octanol–water partition coefficient (Wildman–Crippen LogP) is 2.91. The first-order valence-corrected chi connectivity index (χ1v) is 7.76. The molecule has 0 unspecified atom stereocenters. The van der Waals surface area contributed by atoms with Gasteiger partial charge in [0.15, 0.2) is 6.79 Å². The standard InChI is InChI=1S/C15H15FO5S/c1-19-11-21-14-9-13(7-8-15(14)22(16,17)18)20-10-12-5-3-2-4-6-12/h2-9H,10-11H2,1H3. The Hall–Kier alpha value is -2.12. The van der Waals surface area contributed by atoms with E-state index in [9.17, 15) is 12.3 Å². The third-order valence-electron chi connectivity index (χ3n) is 2.76. The van der Waals surface area contributed by atoms with Gasteiger partial charge in [-0.05, 0) is 17.7 Å². The summed E-state index contributed by atoms with van der Waals surface area (Å²) in [5.41, 5.74) is 0.948. The van der Waals surface area contributed by atoms with Gasteiger partial charge in [-0.2, -0.15) is 8.42 Å². The highest BCUT2D eigenvalue weighted by Crippen LogP contribution is 2.30. The molecule has 2 aromatic carbocycles. The van der Waals surface area contributed by atoms with Crippen molar-refractivity contribution in [2.24, 2.45) is 0 Å². The molecule has 0 radical (unpaired) electrons.